The van der Waals surface area contributed by atoms with Crippen molar-refractivity contribution >= 4 is 11.7 Å². The average molecular weight is 248 g/mol. The molecule has 1 unspecified atom stereocenters. The Bertz CT molecular complexity index is 427. The lowest BCUT2D eigenvalue weighted by molar-refractivity contribution is 0.0950. The van der Waals surface area contributed by atoms with E-state index in [9.17, 15) is 4.79 Å². The summed E-state index contributed by atoms with van der Waals surface area (Å²) < 4.78 is 0. The summed E-state index contributed by atoms with van der Waals surface area (Å²) in [6, 6.07) is 3.49. The number of nitrogens with zero attached hydrogens (tertiary/aromatic N) is 2. The number of carbonyl (C=O) groups excluding carboxylic acids is 1. The highest BCUT2D eigenvalue weighted by molar-refractivity contribution is 5.92. The third kappa shape index (κ3) is 2.97. The molecule has 1 fully saturated rings. The molecule has 0 saturated heterocycles. The zero-order chi connectivity index (χ0) is 13.2. The standard InChI is InChI=1S/C13H20N4O/c1-4-14-12(18)10-5-6-11(17-16-10)15-8-9-7-13(9,2)3/h5-6,9H,4,7-8H2,1-3H3,(H,14,18)(H,15,17). The second-order valence-electron chi connectivity index (χ2n) is 5.43. The van der Waals surface area contributed by atoms with Crippen molar-refractivity contribution in [2.45, 2.75) is 27.2 Å². The van der Waals surface area contributed by atoms with E-state index in [2.05, 4.69) is 34.7 Å². The molecule has 2 N–H and O–H groups in total. The third-order valence-electron chi connectivity index (χ3n) is 3.48. The average Bonchev–Trinajstić information content (AvgIpc) is 2.95. The molecule has 0 radical (unpaired) electrons. The Morgan fingerprint density at radius 2 is 2.17 bits per heavy atom. The van der Waals surface area contributed by atoms with Crippen LogP contribution in [0.5, 0.6) is 0 Å². The fourth-order valence-corrected chi connectivity index (χ4v) is 1.95. The predicted octanol–water partition coefficient (Wildman–Crippen LogP) is 1.68. The van der Waals surface area contributed by atoms with Crippen molar-refractivity contribution in [2.24, 2.45) is 11.3 Å². The number of aromatic nitrogens is 2. The molecule has 0 spiro atoms. The van der Waals surface area contributed by atoms with Crippen LogP contribution in [0, 0.1) is 11.3 Å². The van der Waals surface area contributed by atoms with Gasteiger partial charge < -0.3 is 10.6 Å². The van der Waals surface area contributed by atoms with Gasteiger partial charge in [0, 0.05) is 13.1 Å². The first kappa shape index (κ1) is 12.8. The zero-order valence-corrected chi connectivity index (χ0v) is 11.2. The predicted molar refractivity (Wildman–Crippen MR) is 70.4 cm³/mol. The van der Waals surface area contributed by atoms with E-state index in [1.54, 1.807) is 12.1 Å². The van der Waals surface area contributed by atoms with Gasteiger partial charge in [0.1, 0.15) is 5.82 Å². The van der Waals surface area contributed by atoms with Gasteiger partial charge in [-0.15, -0.1) is 10.2 Å². The summed E-state index contributed by atoms with van der Waals surface area (Å²) in [6.45, 7) is 7.92. The van der Waals surface area contributed by atoms with Gasteiger partial charge in [0.25, 0.3) is 5.91 Å². The van der Waals surface area contributed by atoms with Crippen molar-refractivity contribution in [2.75, 3.05) is 18.4 Å². The van der Waals surface area contributed by atoms with Crippen LogP contribution in [0.2, 0.25) is 0 Å². The smallest absolute Gasteiger partial charge is 0.271 e. The summed E-state index contributed by atoms with van der Waals surface area (Å²) in [5, 5.41) is 13.9. The van der Waals surface area contributed by atoms with Crippen LogP contribution < -0.4 is 10.6 Å². The summed E-state index contributed by atoms with van der Waals surface area (Å²) in [5.41, 5.74) is 0.815. The number of hydrogen-bond donors (Lipinski definition) is 2. The molecule has 0 aliphatic heterocycles. The maximum absolute atomic E-state index is 11.5. The highest BCUT2D eigenvalue weighted by Gasteiger charge is 2.44. The Morgan fingerprint density at radius 3 is 2.67 bits per heavy atom. The molecule has 2 rings (SSSR count). The molecule has 0 aromatic carbocycles. The van der Waals surface area contributed by atoms with Gasteiger partial charge in [-0.1, -0.05) is 13.8 Å². The van der Waals surface area contributed by atoms with Crippen LogP contribution in [-0.2, 0) is 0 Å². The minimum absolute atomic E-state index is 0.181. The van der Waals surface area contributed by atoms with E-state index in [-0.39, 0.29) is 5.91 Å². The van der Waals surface area contributed by atoms with E-state index in [0.29, 0.717) is 23.6 Å². The topological polar surface area (TPSA) is 66.9 Å². The fraction of sp³-hybridized carbons (Fsp3) is 0.615. The molecule has 1 aromatic heterocycles. The number of hydrogen-bond acceptors (Lipinski definition) is 4. The van der Waals surface area contributed by atoms with Gasteiger partial charge in [-0.2, -0.15) is 0 Å². The van der Waals surface area contributed by atoms with Crippen LogP contribution in [0.3, 0.4) is 0 Å². The first-order chi connectivity index (χ1) is 8.53. The molecule has 1 aromatic rings. The van der Waals surface area contributed by atoms with Crippen molar-refractivity contribution in [1.82, 2.24) is 15.5 Å². The monoisotopic (exact) mass is 248 g/mol. The van der Waals surface area contributed by atoms with Gasteiger partial charge in [0.05, 0.1) is 0 Å². The van der Waals surface area contributed by atoms with Crippen LogP contribution in [-0.4, -0.2) is 29.2 Å². The van der Waals surface area contributed by atoms with Crippen molar-refractivity contribution < 1.29 is 4.79 Å². The molecule has 1 saturated carbocycles. The van der Waals surface area contributed by atoms with Gasteiger partial charge in [-0.25, -0.2) is 0 Å². The zero-order valence-electron chi connectivity index (χ0n) is 11.2. The summed E-state index contributed by atoms with van der Waals surface area (Å²) in [4.78, 5) is 11.5. The minimum atomic E-state index is -0.181. The van der Waals surface area contributed by atoms with Crippen LogP contribution >= 0.6 is 0 Å². The summed E-state index contributed by atoms with van der Waals surface area (Å²) in [5.74, 6) is 1.26. The molecule has 98 valence electrons. The lowest BCUT2D eigenvalue weighted by atomic mass is 10.1. The molecular formula is C13H20N4O. The quantitative estimate of drug-likeness (QED) is 0.832. The second-order valence-corrected chi connectivity index (χ2v) is 5.43. The van der Waals surface area contributed by atoms with E-state index >= 15 is 0 Å². The van der Waals surface area contributed by atoms with Crippen molar-refractivity contribution in [3.05, 3.63) is 17.8 Å². The van der Waals surface area contributed by atoms with Gasteiger partial charge in [-0.05, 0) is 36.8 Å². The highest BCUT2D eigenvalue weighted by atomic mass is 16.1. The van der Waals surface area contributed by atoms with Gasteiger partial charge >= 0.3 is 0 Å². The molecule has 0 bridgehead atoms. The maximum Gasteiger partial charge on any atom is 0.271 e. The molecule has 5 nitrogen and oxygen atoms in total. The summed E-state index contributed by atoms with van der Waals surface area (Å²) in [7, 11) is 0. The lowest BCUT2D eigenvalue weighted by Crippen LogP contribution is -2.24. The third-order valence-corrected chi connectivity index (χ3v) is 3.48. The van der Waals surface area contributed by atoms with E-state index in [1.165, 1.54) is 6.42 Å². The Hall–Kier alpha value is -1.65. The maximum atomic E-state index is 11.5. The molecule has 1 heterocycles. The molecular weight excluding hydrogens is 228 g/mol. The first-order valence-corrected chi connectivity index (χ1v) is 6.38. The Labute approximate surface area is 107 Å². The van der Waals surface area contributed by atoms with Crippen molar-refractivity contribution in [3.8, 4) is 0 Å². The van der Waals surface area contributed by atoms with Crippen LogP contribution in [0.4, 0.5) is 5.82 Å². The number of amides is 1. The van der Waals surface area contributed by atoms with Gasteiger partial charge in [0.2, 0.25) is 0 Å². The molecule has 1 aliphatic rings. The van der Waals surface area contributed by atoms with E-state index < -0.39 is 0 Å². The van der Waals surface area contributed by atoms with Gasteiger partial charge in [-0.3, -0.25) is 4.79 Å². The number of nitrogens with one attached hydrogen (secondary N) is 2. The van der Waals surface area contributed by atoms with Crippen molar-refractivity contribution in [1.29, 1.82) is 0 Å². The largest absolute Gasteiger partial charge is 0.368 e. The number of anilines is 1. The molecule has 1 aliphatic carbocycles. The van der Waals surface area contributed by atoms with Crippen LogP contribution in [0.15, 0.2) is 12.1 Å². The summed E-state index contributed by atoms with van der Waals surface area (Å²) in [6.07, 6.45) is 1.25. The molecule has 5 heteroatoms. The normalized spacial score (nSPS) is 20.3. The SMILES string of the molecule is CCNC(=O)c1ccc(NCC2CC2(C)C)nn1. The summed E-state index contributed by atoms with van der Waals surface area (Å²) >= 11 is 0. The van der Waals surface area contributed by atoms with Crippen LogP contribution in [0.1, 0.15) is 37.7 Å². The molecule has 1 atom stereocenters. The van der Waals surface area contributed by atoms with Crippen molar-refractivity contribution in [3.63, 3.8) is 0 Å². The minimum Gasteiger partial charge on any atom is -0.368 e. The first-order valence-electron chi connectivity index (χ1n) is 6.38. The number of rotatable bonds is 5. The number of carbonyl (C=O) groups is 1. The lowest BCUT2D eigenvalue weighted by Gasteiger charge is -2.06. The van der Waals surface area contributed by atoms with Gasteiger partial charge in [0.15, 0.2) is 5.69 Å². The molecule has 18 heavy (non-hydrogen) atoms. The highest BCUT2D eigenvalue weighted by Crippen LogP contribution is 2.51. The Kier molecular flexibility index (Phi) is 3.50. The fourth-order valence-electron chi connectivity index (χ4n) is 1.95. The van der Waals surface area contributed by atoms with E-state index in [0.717, 1.165) is 12.4 Å². The Morgan fingerprint density at radius 1 is 1.44 bits per heavy atom. The Balaban J connectivity index is 1.86. The van der Waals surface area contributed by atoms with Crippen LogP contribution in [0.25, 0.3) is 0 Å². The van der Waals surface area contributed by atoms with E-state index in [4.69, 9.17) is 0 Å². The second kappa shape index (κ2) is 4.92. The molecule has 1 amide bonds. The van der Waals surface area contributed by atoms with E-state index in [1.807, 2.05) is 6.92 Å².